The summed E-state index contributed by atoms with van der Waals surface area (Å²) in [6.45, 7) is 5.44. The quantitative estimate of drug-likeness (QED) is 0.933. The highest BCUT2D eigenvalue weighted by Crippen LogP contribution is 2.25. The first-order valence-corrected chi connectivity index (χ1v) is 7.86. The molecule has 1 aliphatic heterocycles. The zero-order valence-corrected chi connectivity index (χ0v) is 12.1. The van der Waals surface area contributed by atoms with E-state index in [4.69, 9.17) is 5.73 Å². The van der Waals surface area contributed by atoms with Crippen LogP contribution in [0, 0.1) is 5.92 Å². The van der Waals surface area contributed by atoms with Gasteiger partial charge in [0.15, 0.2) is 0 Å². The predicted molar refractivity (Wildman–Crippen MR) is 80.1 cm³/mol. The second-order valence-electron chi connectivity index (χ2n) is 5.34. The Balaban J connectivity index is 1.71. The van der Waals surface area contributed by atoms with Gasteiger partial charge in [0.1, 0.15) is 16.5 Å². The molecule has 2 aromatic heterocycles. The minimum Gasteiger partial charge on any atom is -0.383 e. The van der Waals surface area contributed by atoms with Gasteiger partial charge in [-0.2, -0.15) is 0 Å². The van der Waals surface area contributed by atoms with Crippen molar-refractivity contribution >= 4 is 27.4 Å². The summed E-state index contributed by atoms with van der Waals surface area (Å²) in [6, 6.07) is 1.99. The molecule has 2 N–H and O–H groups in total. The van der Waals surface area contributed by atoms with E-state index in [0.717, 1.165) is 35.0 Å². The standard InChI is InChI=1S/C14H20N4S/c1-2-3-10-4-6-18(8-10)9-12-16-13(15)11-5-7-19-14(11)17-12/h5,7,10H,2-4,6,8-9H2,1H3,(H2,15,16,17). The van der Waals surface area contributed by atoms with Gasteiger partial charge in [-0.25, -0.2) is 9.97 Å². The first-order valence-electron chi connectivity index (χ1n) is 6.98. The van der Waals surface area contributed by atoms with E-state index in [1.807, 2.05) is 11.4 Å². The highest BCUT2D eigenvalue weighted by molar-refractivity contribution is 7.16. The first kappa shape index (κ1) is 12.8. The Morgan fingerprint density at radius 3 is 3.21 bits per heavy atom. The van der Waals surface area contributed by atoms with Crippen LogP contribution in [0.15, 0.2) is 11.4 Å². The Bertz CT molecular complexity index is 566. The molecule has 0 radical (unpaired) electrons. The molecule has 5 heteroatoms. The Kier molecular flexibility index (Phi) is 3.66. The van der Waals surface area contributed by atoms with Crippen LogP contribution in [0.2, 0.25) is 0 Å². The maximum Gasteiger partial charge on any atom is 0.146 e. The summed E-state index contributed by atoms with van der Waals surface area (Å²) in [6.07, 6.45) is 3.93. The summed E-state index contributed by atoms with van der Waals surface area (Å²) in [5.74, 6) is 2.34. The van der Waals surface area contributed by atoms with Crippen LogP contribution in [0.4, 0.5) is 5.82 Å². The zero-order valence-electron chi connectivity index (χ0n) is 11.3. The van der Waals surface area contributed by atoms with Gasteiger partial charge in [0.05, 0.1) is 11.9 Å². The molecule has 1 saturated heterocycles. The molecule has 3 rings (SSSR count). The van der Waals surface area contributed by atoms with Crippen LogP contribution in [-0.4, -0.2) is 28.0 Å². The van der Waals surface area contributed by atoms with Crippen molar-refractivity contribution in [3.05, 3.63) is 17.3 Å². The van der Waals surface area contributed by atoms with Gasteiger partial charge in [-0.1, -0.05) is 13.3 Å². The van der Waals surface area contributed by atoms with E-state index in [9.17, 15) is 0 Å². The number of likely N-dealkylation sites (tertiary alicyclic amines) is 1. The van der Waals surface area contributed by atoms with Gasteiger partial charge in [0, 0.05) is 6.54 Å². The summed E-state index contributed by atoms with van der Waals surface area (Å²) < 4.78 is 0. The third-order valence-corrected chi connectivity index (χ3v) is 4.64. The fourth-order valence-corrected chi connectivity index (χ4v) is 3.69. The molecule has 1 aliphatic rings. The Labute approximate surface area is 117 Å². The van der Waals surface area contributed by atoms with Crippen molar-refractivity contribution < 1.29 is 0 Å². The van der Waals surface area contributed by atoms with Crippen LogP contribution in [0.3, 0.4) is 0 Å². The normalized spacial score (nSPS) is 20.4. The van der Waals surface area contributed by atoms with Gasteiger partial charge in [0.25, 0.3) is 0 Å². The van der Waals surface area contributed by atoms with Crippen molar-refractivity contribution in [2.45, 2.75) is 32.7 Å². The molecule has 0 amide bonds. The fourth-order valence-electron chi connectivity index (χ4n) is 2.90. The van der Waals surface area contributed by atoms with E-state index in [-0.39, 0.29) is 0 Å². The van der Waals surface area contributed by atoms with Gasteiger partial charge in [-0.3, -0.25) is 4.90 Å². The molecule has 0 spiro atoms. The van der Waals surface area contributed by atoms with Crippen LogP contribution in [-0.2, 0) is 6.54 Å². The summed E-state index contributed by atoms with van der Waals surface area (Å²) >= 11 is 1.63. The van der Waals surface area contributed by atoms with Crippen LogP contribution < -0.4 is 5.73 Å². The number of nitrogens with zero attached hydrogens (tertiary/aromatic N) is 3. The second kappa shape index (κ2) is 5.43. The first-order chi connectivity index (χ1) is 9.26. The van der Waals surface area contributed by atoms with E-state index in [2.05, 4.69) is 21.8 Å². The van der Waals surface area contributed by atoms with Crippen molar-refractivity contribution in [2.24, 2.45) is 5.92 Å². The average molecular weight is 276 g/mol. The topological polar surface area (TPSA) is 55.0 Å². The van der Waals surface area contributed by atoms with Crippen LogP contribution in [0.1, 0.15) is 32.0 Å². The second-order valence-corrected chi connectivity index (χ2v) is 6.24. The molecule has 1 atom stereocenters. The molecule has 4 nitrogen and oxygen atoms in total. The van der Waals surface area contributed by atoms with Gasteiger partial charge in [0.2, 0.25) is 0 Å². The van der Waals surface area contributed by atoms with Gasteiger partial charge < -0.3 is 5.73 Å². The number of anilines is 1. The molecule has 0 aromatic carbocycles. The minimum atomic E-state index is 0.616. The third kappa shape index (κ3) is 2.72. The van der Waals surface area contributed by atoms with Crippen LogP contribution in [0.25, 0.3) is 10.2 Å². The summed E-state index contributed by atoms with van der Waals surface area (Å²) in [7, 11) is 0. The molecule has 102 valence electrons. The lowest BCUT2D eigenvalue weighted by molar-refractivity contribution is 0.305. The molecule has 0 saturated carbocycles. The molecule has 1 unspecified atom stereocenters. The number of aromatic nitrogens is 2. The predicted octanol–water partition coefficient (Wildman–Crippen LogP) is 2.90. The lowest BCUT2D eigenvalue weighted by Gasteiger charge is -2.15. The molecular formula is C14H20N4S. The third-order valence-electron chi connectivity index (χ3n) is 3.83. The van der Waals surface area contributed by atoms with Crippen molar-refractivity contribution in [3.63, 3.8) is 0 Å². The van der Waals surface area contributed by atoms with Gasteiger partial charge in [-0.05, 0) is 36.8 Å². The molecule has 2 aromatic rings. The van der Waals surface area contributed by atoms with E-state index in [1.165, 1.54) is 25.8 Å². The maximum atomic E-state index is 5.99. The SMILES string of the molecule is CCCC1CCN(Cc2nc(N)c3ccsc3n2)C1. The average Bonchev–Trinajstić information content (AvgIpc) is 2.99. The fraction of sp³-hybridized carbons (Fsp3) is 0.571. The van der Waals surface area contributed by atoms with Crippen LogP contribution >= 0.6 is 11.3 Å². The highest BCUT2D eigenvalue weighted by Gasteiger charge is 2.22. The number of hydrogen-bond acceptors (Lipinski definition) is 5. The number of nitrogen functional groups attached to an aromatic ring is 1. The van der Waals surface area contributed by atoms with Crippen molar-refractivity contribution in [3.8, 4) is 0 Å². The number of nitrogens with two attached hydrogens (primary N) is 1. The van der Waals surface area contributed by atoms with Gasteiger partial charge in [-0.15, -0.1) is 11.3 Å². The van der Waals surface area contributed by atoms with Gasteiger partial charge >= 0.3 is 0 Å². The molecule has 0 aliphatic carbocycles. The highest BCUT2D eigenvalue weighted by atomic mass is 32.1. The maximum absolute atomic E-state index is 5.99. The van der Waals surface area contributed by atoms with E-state index in [0.29, 0.717) is 5.82 Å². The summed E-state index contributed by atoms with van der Waals surface area (Å²) in [5.41, 5.74) is 5.99. The van der Waals surface area contributed by atoms with Crippen molar-refractivity contribution in [2.75, 3.05) is 18.8 Å². The number of hydrogen-bond donors (Lipinski definition) is 1. The monoisotopic (exact) mass is 276 g/mol. The lowest BCUT2D eigenvalue weighted by atomic mass is 10.0. The molecule has 19 heavy (non-hydrogen) atoms. The van der Waals surface area contributed by atoms with Crippen LogP contribution in [0.5, 0.6) is 0 Å². The zero-order chi connectivity index (χ0) is 13.2. The number of thiophene rings is 1. The molecule has 3 heterocycles. The molecule has 0 bridgehead atoms. The summed E-state index contributed by atoms with van der Waals surface area (Å²) in [5, 5.41) is 3.01. The minimum absolute atomic E-state index is 0.616. The largest absolute Gasteiger partial charge is 0.383 e. The van der Waals surface area contributed by atoms with Crippen molar-refractivity contribution in [1.29, 1.82) is 0 Å². The molecular weight excluding hydrogens is 256 g/mol. The lowest BCUT2D eigenvalue weighted by Crippen LogP contribution is -2.21. The van der Waals surface area contributed by atoms with E-state index in [1.54, 1.807) is 11.3 Å². The Morgan fingerprint density at radius 1 is 1.47 bits per heavy atom. The smallest absolute Gasteiger partial charge is 0.146 e. The molecule has 1 fully saturated rings. The van der Waals surface area contributed by atoms with E-state index >= 15 is 0 Å². The summed E-state index contributed by atoms with van der Waals surface area (Å²) in [4.78, 5) is 12.5. The Hall–Kier alpha value is -1.20. The Morgan fingerprint density at radius 2 is 2.37 bits per heavy atom. The van der Waals surface area contributed by atoms with Crippen molar-refractivity contribution in [1.82, 2.24) is 14.9 Å². The van der Waals surface area contributed by atoms with E-state index < -0.39 is 0 Å². The number of rotatable bonds is 4. The number of fused-ring (bicyclic) bond motifs is 1.